The van der Waals surface area contributed by atoms with Gasteiger partial charge in [-0.05, 0) is 12.1 Å². The van der Waals surface area contributed by atoms with Crippen molar-refractivity contribution in [3.63, 3.8) is 0 Å². The van der Waals surface area contributed by atoms with Crippen LogP contribution < -0.4 is 15.4 Å². The Morgan fingerprint density at radius 3 is 2.53 bits per heavy atom. The summed E-state index contributed by atoms with van der Waals surface area (Å²) in [5.41, 5.74) is -0.128. The van der Waals surface area contributed by atoms with Gasteiger partial charge in [-0.15, -0.1) is 6.58 Å². The van der Waals surface area contributed by atoms with E-state index in [-0.39, 0.29) is 18.0 Å². The van der Waals surface area contributed by atoms with Crippen LogP contribution in [0.2, 0.25) is 0 Å². The summed E-state index contributed by atoms with van der Waals surface area (Å²) in [7, 11) is 0. The maximum absolute atomic E-state index is 11.3. The monoisotopic (exact) mass is 265 g/mol. The Morgan fingerprint density at radius 1 is 1.37 bits per heavy atom. The summed E-state index contributed by atoms with van der Waals surface area (Å²) < 4.78 is 4.74. The third-order valence-corrected chi connectivity index (χ3v) is 1.88. The number of carbonyl (C=O) groups excluding carboxylic acids is 2. The fourth-order valence-electron chi connectivity index (χ4n) is 1.07. The summed E-state index contributed by atoms with van der Waals surface area (Å²) >= 11 is 0. The molecular formula is C11H11N3O5. The molecule has 0 aliphatic carbocycles. The highest BCUT2D eigenvalue weighted by atomic mass is 16.6. The summed E-state index contributed by atoms with van der Waals surface area (Å²) in [6.45, 7) is 3.59. The van der Waals surface area contributed by atoms with Crippen molar-refractivity contribution in [3.8, 4) is 5.75 Å². The molecule has 1 rings (SSSR count). The lowest BCUT2D eigenvalue weighted by atomic mass is 10.3. The van der Waals surface area contributed by atoms with Crippen LogP contribution in [0, 0.1) is 10.1 Å². The van der Waals surface area contributed by atoms with Gasteiger partial charge in [0.15, 0.2) is 0 Å². The fourth-order valence-corrected chi connectivity index (χ4v) is 1.07. The summed E-state index contributed by atoms with van der Waals surface area (Å²) in [5, 5.41) is 14.6. The lowest BCUT2D eigenvalue weighted by Crippen LogP contribution is -2.40. The Bertz CT molecular complexity index is 498. The van der Waals surface area contributed by atoms with Crippen molar-refractivity contribution in [2.75, 3.05) is 6.54 Å². The van der Waals surface area contributed by atoms with Crippen molar-refractivity contribution < 1.29 is 19.2 Å². The number of ether oxygens (including phenoxy) is 1. The zero-order valence-corrected chi connectivity index (χ0v) is 9.79. The molecule has 0 atom stereocenters. The van der Waals surface area contributed by atoms with Crippen LogP contribution in [0.4, 0.5) is 15.3 Å². The predicted molar refractivity (Wildman–Crippen MR) is 65.9 cm³/mol. The van der Waals surface area contributed by atoms with Gasteiger partial charge in [0, 0.05) is 18.7 Å². The molecule has 0 fully saturated rings. The number of nitro groups is 1. The number of non-ortho nitro benzene ring substituents is 1. The number of carbonyl (C=O) groups is 2. The van der Waals surface area contributed by atoms with Gasteiger partial charge in [-0.25, -0.2) is 14.9 Å². The summed E-state index contributed by atoms with van der Waals surface area (Å²) in [5.74, 6) is 0.0830. The van der Waals surface area contributed by atoms with Gasteiger partial charge in [0.05, 0.1) is 4.92 Å². The smallest absolute Gasteiger partial charge is 0.410 e. The van der Waals surface area contributed by atoms with Gasteiger partial charge in [-0.3, -0.25) is 10.1 Å². The molecule has 8 nitrogen and oxygen atoms in total. The van der Waals surface area contributed by atoms with Gasteiger partial charge in [0.2, 0.25) is 0 Å². The van der Waals surface area contributed by atoms with E-state index in [1.54, 1.807) is 0 Å². The molecule has 0 aromatic heterocycles. The second kappa shape index (κ2) is 6.74. The molecule has 2 N–H and O–H groups in total. The number of hydrogen-bond acceptors (Lipinski definition) is 5. The van der Waals surface area contributed by atoms with E-state index in [9.17, 15) is 19.7 Å². The third-order valence-electron chi connectivity index (χ3n) is 1.88. The highest BCUT2D eigenvalue weighted by Crippen LogP contribution is 2.17. The molecule has 8 heteroatoms. The van der Waals surface area contributed by atoms with Crippen molar-refractivity contribution in [3.05, 3.63) is 47.0 Å². The first-order valence-corrected chi connectivity index (χ1v) is 5.15. The van der Waals surface area contributed by atoms with Gasteiger partial charge in [0.25, 0.3) is 5.69 Å². The van der Waals surface area contributed by atoms with E-state index in [0.717, 1.165) is 0 Å². The zero-order valence-electron chi connectivity index (χ0n) is 9.79. The maximum atomic E-state index is 11.3. The number of rotatable bonds is 4. The average molecular weight is 265 g/mol. The van der Waals surface area contributed by atoms with Crippen LogP contribution in [0.15, 0.2) is 36.9 Å². The molecule has 0 aliphatic rings. The Kier molecular flexibility index (Phi) is 5.03. The largest absolute Gasteiger partial charge is 0.420 e. The van der Waals surface area contributed by atoms with Crippen LogP contribution in [0.5, 0.6) is 5.75 Å². The Balaban J connectivity index is 2.50. The Morgan fingerprint density at radius 2 is 2.00 bits per heavy atom. The van der Waals surface area contributed by atoms with Crippen molar-refractivity contribution >= 4 is 17.8 Å². The summed E-state index contributed by atoms with van der Waals surface area (Å²) in [6.07, 6.45) is 0.455. The normalized spacial score (nSPS) is 9.26. The lowest BCUT2D eigenvalue weighted by Gasteiger charge is -2.05. The second-order valence-corrected chi connectivity index (χ2v) is 3.26. The molecular weight excluding hydrogens is 254 g/mol. The standard InChI is InChI=1S/C11H11N3O5/c1-2-7-12-10(15)13-11(16)19-9-5-3-8(4-6-9)14(17)18/h2-6H,1,7H2,(H2,12,13,15,16). The number of hydrogen-bond donors (Lipinski definition) is 2. The number of nitro benzene ring substituents is 1. The van der Waals surface area contributed by atoms with Crippen molar-refractivity contribution in [1.29, 1.82) is 0 Å². The minimum absolute atomic E-state index is 0.0830. The predicted octanol–water partition coefficient (Wildman–Crippen LogP) is 1.58. The first-order chi connectivity index (χ1) is 9.02. The van der Waals surface area contributed by atoms with Crippen molar-refractivity contribution in [2.45, 2.75) is 0 Å². The molecule has 0 radical (unpaired) electrons. The number of urea groups is 1. The minimum Gasteiger partial charge on any atom is -0.410 e. The fraction of sp³-hybridized carbons (Fsp3) is 0.0909. The topological polar surface area (TPSA) is 111 Å². The average Bonchev–Trinajstić information content (AvgIpc) is 2.36. The van der Waals surface area contributed by atoms with Crippen LogP contribution in [0.1, 0.15) is 0 Å². The van der Waals surface area contributed by atoms with Gasteiger partial charge >= 0.3 is 12.1 Å². The van der Waals surface area contributed by atoms with Crippen LogP contribution in [0.25, 0.3) is 0 Å². The molecule has 0 bridgehead atoms. The van der Waals surface area contributed by atoms with Crippen LogP contribution in [-0.4, -0.2) is 23.6 Å². The maximum Gasteiger partial charge on any atom is 0.420 e. The highest BCUT2D eigenvalue weighted by Gasteiger charge is 2.10. The quantitative estimate of drug-likeness (QED) is 0.487. The molecule has 1 aromatic carbocycles. The molecule has 1 aromatic rings. The molecule has 100 valence electrons. The van der Waals surface area contributed by atoms with Crippen LogP contribution in [-0.2, 0) is 0 Å². The number of amides is 3. The lowest BCUT2D eigenvalue weighted by molar-refractivity contribution is -0.384. The van der Waals surface area contributed by atoms with E-state index in [0.29, 0.717) is 0 Å². The van der Waals surface area contributed by atoms with Crippen LogP contribution >= 0.6 is 0 Å². The third kappa shape index (κ3) is 4.86. The van der Waals surface area contributed by atoms with Gasteiger partial charge in [0.1, 0.15) is 5.75 Å². The van der Waals surface area contributed by atoms with E-state index in [2.05, 4.69) is 11.9 Å². The van der Waals surface area contributed by atoms with Gasteiger partial charge in [-0.1, -0.05) is 6.08 Å². The van der Waals surface area contributed by atoms with E-state index < -0.39 is 17.0 Å². The van der Waals surface area contributed by atoms with Crippen LogP contribution in [0.3, 0.4) is 0 Å². The second-order valence-electron chi connectivity index (χ2n) is 3.26. The number of nitrogens with zero attached hydrogens (tertiary/aromatic N) is 1. The van der Waals surface area contributed by atoms with Crippen molar-refractivity contribution in [2.24, 2.45) is 0 Å². The molecule has 0 aliphatic heterocycles. The highest BCUT2D eigenvalue weighted by molar-refractivity contribution is 5.91. The molecule has 3 amide bonds. The molecule has 0 saturated heterocycles. The van der Waals surface area contributed by atoms with E-state index >= 15 is 0 Å². The van der Waals surface area contributed by atoms with Gasteiger partial charge in [-0.2, -0.15) is 0 Å². The Hall–Kier alpha value is -2.90. The van der Waals surface area contributed by atoms with Crippen molar-refractivity contribution in [1.82, 2.24) is 10.6 Å². The molecule has 0 unspecified atom stereocenters. The SMILES string of the molecule is C=CCNC(=O)NC(=O)Oc1ccc([N+](=O)[O-])cc1. The number of imide groups is 1. The minimum atomic E-state index is -0.990. The Labute approximate surface area is 108 Å². The number of benzene rings is 1. The number of nitrogens with one attached hydrogen (secondary N) is 2. The summed E-state index contributed by atoms with van der Waals surface area (Å²) in [6, 6.07) is 4.13. The van der Waals surface area contributed by atoms with E-state index in [1.165, 1.54) is 30.3 Å². The molecule has 0 heterocycles. The summed E-state index contributed by atoms with van der Waals surface area (Å²) in [4.78, 5) is 32.2. The zero-order chi connectivity index (χ0) is 14.3. The van der Waals surface area contributed by atoms with Gasteiger partial charge < -0.3 is 10.1 Å². The first kappa shape index (κ1) is 14.2. The first-order valence-electron chi connectivity index (χ1n) is 5.15. The molecule has 19 heavy (non-hydrogen) atoms. The van der Waals surface area contributed by atoms with E-state index in [1.807, 2.05) is 5.32 Å². The molecule has 0 saturated carbocycles. The van der Waals surface area contributed by atoms with E-state index in [4.69, 9.17) is 4.74 Å². The molecule has 0 spiro atoms.